The molecule has 1 aliphatic rings. The predicted molar refractivity (Wildman–Crippen MR) is 78.1 cm³/mol. The first-order valence-electron chi connectivity index (χ1n) is 6.79. The van der Waals surface area contributed by atoms with E-state index in [1.54, 1.807) is 0 Å². The van der Waals surface area contributed by atoms with Gasteiger partial charge in [-0.15, -0.1) is 12.4 Å². The van der Waals surface area contributed by atoms with E-state index in [9.17, 15) is 9.59 Å². The van der Waals surface area contributed by atoms with Crippen molar-refractivity contribution >= 4 is 24.2 Å². The lowest BCUT2D eigenvalue weighted by Crippen LogP contribution is -2.53. The lowest BCUT2D eigenvalue weighted by Gasteiger charge is -2.29. The van der Waals surface area contributed by atoms with Gasteiger partial charge in [0.1, 0.15) is 0 Å². The Morgan fingerprint density at radius 1 is 1.26 bits per heavy atom. The highest BCUT2D eigenvalue weighted by molar-refractivity contribution is 5.85. The maximum absolute atomic E-state index is 11.8. The average Bonchev–Trinajstić information content (AvgIpc) is 3.18. The van der Waals surface area contributed by atoms with E-state index in [2.05, 4.69) is 10.6 Å². The van der Waals surface area contributed by atoms with Gasteiger partial charge in [-0.2, -0.15) is 0 Å². The lowest BCUT2D eigenvalue weighted by molar-refractivity contribution is -0.127. The Bertz CT molecular complexity index is 308. The molecule has 0 bridgehead atoms. The molecule has 1 rings (SSSR count). The van der Waals surface area contributed by atoms with Crippen LogP contribution in [0.4, 0.5) is 0 Å². The first-order valence-corrected chi connectivity index (χ1v) is 6.79. The summed E-state index contributed by atoms with van der Waals surface area (Å²) in [4.78, 5) is 23.2. The zero-order chi connectivity index (χ0) is 13.6. The van der Waals surface area contributed by atoms with Crippen LogP contribution in [0.5, 0.6) is 0 Å². The fourth-order valence-electron chi connectivity index (χ4n) is 2.00. The van der Waals surface area contributed by atoms with Crippen molar-refractivity contribution in [3.63, 3.8) is 0 Å². The molecule has 0 spiro atoms. The number of hydrogen-bond donors (Lipinski definition) is 3. The van der Waals surface area contributed by atoms with E-state index in [1.807, 2.05) is 13.8 Å². The molecule has 4 N–H and O–H groups in total. The van der Waals surface area contributed by atoms with Crippen LogP contribution in [0, 0.1) is 5.92 Å². The third-order valence-corrected chi connectivity index (χ3v) is 3.48. The highest BCUT2D eigenvalue weighted by Gasteiger charge is 2.41. The quantitative estimate of drug-likeness (QED) is 0.623. The van der Waals surface area contributed by atoms with E-state index in [0.29, 0.717) is 19.0 Å². The second-order valence-corrected chi connectivity index (χ2v) is 5.29. The van der Waals surface area contributed by atoms with Gasteiger partial charge in [-0.1, -0.05) is 6.92 Å². The van der Waals surface area contributed by atoms with Crippen LogP contribution in [0.3, 0.4) is 0 Å². The predicted octanol–water partition coefficient (Wildman–Crippen LogP) is 0.958. The molecule has 5 nitrogen and oxygen atoms in total. The molecule has 0 saturated heterocycles. The third-order valence-electron chi connectivity index (χ3n) is 3.48. The summed E-state index contributed by atoms with van der Waals surface area (Å²) in [6, 6.07) is 0. The number of halogens is 1. The summed E-state index contributed by atoms with van der Waals surface area (Å²) in [5, 5.41) is 5.73. The molecule has 1 atom stereocenters. The Morgan fingerprint density at radius 2 is 1.84 bits per heavy atom. The molecule has 1 aliphatic carbocycles. The Kier molecular flexibility index (Phi) is 8.02. The molecule has 0 heterocycles. The molecule has 0 aliphatic heterocycles. The summed E-state index contributed by atoms with van der Waals surface area (Å²) < 4.78 is 0. The summed E-state index contributed by atoms with van der Waals surface area (Å²) in [7, 11) is 0. The van der Waals surface area contributed by atoms with Crippen LogP contribution in [0.2, 0.25) is 0 Å². The SMILES string of the molecule is CCCNC(=O)CCC(=O)NC(C)(CN)C1CC1.Cl. The summed E-state index contributed by atoms with van der Waals surface area (Å²) in [6.07, 6.45) is 3.65. The van der Waals surface area contributed by atoms with Gasteiger partial charge in [-0.3, -0.25) is 9.59 Å². The van der Waals surface area contributed by atoms with Crippen LogP contribution < -0.4 is 16.4 Å². The van der Waals surface area contributed by atoms with Gasteiger partial charge in [0.25, 0.3) is 0 Å². The molecule has 1 saturated carbocycles. The molecule has 0 aromatic carbocycles. The second-order valence-electron chi connectivity index (χ2n) is 5.29. The summed E-state index contributed by atoms with van der Waals surface area (Å²) in [5.41, 5.74) is 5.43. The summed E-state index contributed by atoms with van der Waals surface area (Å²) in [6.45, 7) is 5.10. The minimum Gasteiger partial charge on any atom is -0.356 e. The van der Waals surface area contributed by atoms with Gasteiger partial charge >= 0.3 is 0 Å². The fourth-order valence-corrected chi connectivity index (χ4v) is 2.00. The number of rotatable bonds is 8. The van der Waals surface area contributed by atoms with Crippen molar-refractivity contribution in [3.05, 3.63) is 0 Å². The van der Waals surface area contributed by atoms with Crippen LogP contribution in [-0.4, -0.2) is 30.4 Å². The Morgan fingerprint density at radius 3 is 2.32 bits per heavy atom. The van der Waals surface area contributed by atoms with E-state index >= 15 is 0 Å². The van der Waals surface area contributed by atoms with Crippen LogP contribution in [0.1, 0.15) is 46.0 Å². The number of hydrogen-bond acceptors (Lipinski definition) is 3. The van der Waals surface area contributed by atoms with E-state index in [0.717, 1.165) is 19.3 Å². The van der Waals surface area contributed by atoms with Crippen LogP contribution in [0.15, 0.2) is 0 Å². The van der Waals surface area contributed by atoms with Gasteiger partial charge in [-0.05, 0) is 32.1 Å². The van der Waals surface area contributed by atoms with Crippen molar-refractivity contribution in [3.8, 4) is 0 Å². The third kappa shape index (κ3) is 6.25. The van der Waals surface area contributed by atoms with Crippen molar-refractivity contribution in [1.29, 1.82) is 0 Å². The molecule has 112 valence electrons. The van der Waals surface area contributed by atoms with Crippen molar-refractivity contribution in [1.82, 2.24) is 10.6 Å². The number of nitrogens with one attached hydrogen (secondary N) is 2. The smallest absolute Gasteiger partial charge is 0.220 e. The normalized spacial score (nSPS) is 17.0. The largest absolute Gasteiger partial charge is 0.356 e. The van der Waals surface area contributed by atoms with Gasteiger partial charge in [-0.25, -0.2) is 0 Å². The van der Waals surface area contributed by atoms with E-state index < -0.39 is 0 Å². The monoisotopic (exact) mass is 291 g/mol. The Balaban J connectivity index is 0.00000324. The Hall–Kier alpha value is -0.810. The first kappa shape index (κ1) is 18.2. The molecule has 2 amide bonds. The summed E-state index contributed by atoms with van der Waals surface area (Å²) in [5.74, 6) is 0.356. The van der Waals surface area contributed by atoms with Gasteiger partial charge in [0.15, 0.2) is 0 Å². The molecule has 0 aromatic heterocycles. The van der Waals surface area contributed by atoms with Crippen molar-refractivity contribution in [2.45, 2.75) is 51.5 Å². The van der Waals surface area contributed by atoms with E-state index in [4.69, 9.17) is 5.73 Å². The molecular weight excluding hydrogens is 266 g/mol. The molecule has 1 unspecified atom stereocenters. The topological polar surface area (TPSA) is 84.2 Å². The van der Waals surface area contributed by atoms with Crippen molar-refractivity contribution < 1.29 is 9.59 Å². The minimum absolute atomic E-state index is 0. The molecule has 19 heavy (non-hydrogen) atoms. The molecule has 6 heteroatoms. The highest BCUT2D eigenvalue weighted by atomic mass is 35.5. The van der Waals surface area contributed by atoms with Crippen molar-refractivity contribution in [2.24, 2.45) is 11.7 Å². The fraction of sp³-hybridized carbons (Fsp3) is 0.846. The van der Waals surface area contributed by atoms with E-state index in [-0.39, 0.29) is 42.6 Å². The Labute approximate surface area is 121 Å². The van der Waals surface area contributed by atoms with Crippen LogP contribution in [0.25, 0.3) is 0 Å². The maximum atomic E-state index is 11.8. The van der Waals surface area contributed by atoms with Crippen LogP contribution >= 0.6 is 12.4 Å². The van der Waals surface area contributed by atoms with Gasteiger partial charge in [0.05, 0.1) is 5.54 Å². The molecule has 0 radical (unpaired) electrons. The molecular formula is C13H26ClN3O2. The average molecular weight is 292 g/mol. The molecule has 0 aromatic rings. The number of carbonyl (C=O) groups excluding carboxylic acids is 2. The van der Waals surface area contributed by atoms with Crippen LogP contribution in [-0.2, 0) is 9.59 Å². The van der Waals surface area contributed by atoms with Gasteiger partial charge < -0.3 is 16.4 Å². The van der Waals surface area contributed by atoms with Gasteiger partial charge in [0.2, 0.25) is 11.8 Å². The molecule has 1 fully saturated rings. The zero-order valence-corrected chi connectivity index (χ0v) is 12.6. The maximum Gasteiger partial charge on any atom is 0.220 e. The minimum atomic E-state index is -0.295. The number of nitrogens with two attached hydrogens (primary N) is 1. The lowest BCUT2D eigenvalue weighted by atomic mass is 9.95. The van der Waals surface area contributed by atoms with E-state index in [1.165, 1.54) is 0 Å². The zero-order valence-electron chi connectivity index (χ0n) is 11.8. The second kappa shape index (κ2) is 8.38. The van der Waals surface area contributed by atoms with Crippen molar-refractivity contribution in [2.75, 3.05) is 13.1 Å². The first-order chi connectivity index (χ1) is 8.51. The highest BCUT2D eigenvalue weighted by Crippen LogP contribution is 2.38. The standard InChI is InChI=1S/C13H25N3O2.ClH/c1-3-8-15-11(17)6-7-12(18)16-13(2,9-14)10-4-5-10;/h10H,3-9,14H2,1-2H3,(H,15,17)(H,16,18);1H. The number of carbonyl (C=O) groups is 2. The summed E-state index contributed by atoms with van der Waals surface area (Å²) >= 11 is 0. The van der Waals surface area contributed by atoms with Gasteiger partial charge in [0, 0.05) is 25.9 Å². The number of amides is 2.